The van der Waals surface area contributed by atoms with Crippen LogP contribution in [0.5, 0.6) is 0 Å². The van der Waals surface area contributed by atoms with E-state index < -0.39 is 0 Å². The highest BCUT2D eigenvalue weighted by Crippen LogP contribution is 2.35. The number of nitrogens with one attached hydrogen (secondary N) is 1. The van der Waals surface area contributed by atoms with E-state index in [0.29, 0.717) is 12.1 Å². The van der Waals surface area contributed by atoms with Crippen molar-refractivity contribution in [3.8, 4) is 0 Å². The number of benzene rings is 1. The maximum Gasteiger partial charge on any atom is 0.137 e. The third-order valence-corrected chi connectivity index (χ3v) is 3.81. The Hall–Kier alpha value is -1.68. The van der Waals surface area contributed by atoms with Crippen molar-refractivity contribution in [3.63, 3.8) is 0 Å². The van der Waals surface area contributed by atoms with E-state index in [1.165, 1.54) is 17.5 Å². The minimum atomic E-state index is 0.311. The molecule has 0 aliphatic heterocycles. The molecule has 0 amide bonds. The van der Waals surface area contributed by atoms with Gasteiger partial charge in [-0.05, 0) is 37.4 Å². The number of nitrogens with zero attached hydrogens (tertiary/aromatic N) is 3. The summed E-state index contributed by atoms with van der Waals surface area (Å²) in [6.07, 6.45) is 6.91. The van der Waals surface area contributed by atoms with Gasteiger partial charge < -0.3 is 5.32 Å². The van der Waals surface area contributed by atoms with E-state index in [2.05, 4.69) is 39.7 Å². The number of aryl methyl sites for hydroxylation is 1. The number of hydrogen-bond acceptors (Lipinski definition) is 3. The monoisotopic (exact) mass is 242 g/mol. The van der Waals surface area contributed by atoms with Crippen LogP contribution >= 0.6 is 0 Å². The molecule has 2 aromatic rings. The zero-order valence-corrected chi connectivity index (χ0v) is 10.6. The summed E-state index contributed by atoms with van der Waals surface area (Å²) in [5.74, 6) is 0. The van der Waals surface area contributed by atoms with Crippen molar-refractivity contribution in [1.82, 2.24) is 20.1 Å². The molecule has 1 N–H and O–H groups in total. The second-order valence-corrected chi connectivity index (χ2v) is 4.80. The van der Waals surface area contributed by atoms with Crippen molar-refractivity contribution in [2.75, 3.05) is 7.05 Å². The molecule has 2 unspecified atom stereocenters. The van der Waals surface area contributed by atoms with Gasteiger partial charge in [-0.3, -0.25) is 0 Å². The molecule has 0 bridgehead atoms. The van der Waals surface area contributed by atoms with Gasteiger partial charge in [0, 0.05) is 0 Å². The van der Waals surface area contributed by atoms with Crippen LogP contribution in [0.2, 0.25) is 0 Å². The summed E-state index contributed by atoms with van der Waals surface area (Å²) in [6.45, 7) is 0. The Morgan fingerprint density at radius 2 is 2.22 bits per heavy atom. The lowest BCUT2D eigenvalue weighted by Gasteiger charge is -2.26. The topological polar surface area (TPSA) is 42.7 Å². The van der Waals surface area contributed by atoms with Crippen LogP contribution in [0, 0.1) is 0 Å². The van der Waals surface area contributed by atoms with Gasteiger partial charge in [-0.2, -0.15) is 5.10 Å². The van der Waals surface area contributed by atoms with Crippen molar-refractivity contribution in [2.24, 2.45) is 0 Å². The fourth-order valence-electron chi connectivity index (χ4n) is 2.96. The first kappa shape index (κ1) is 11.4. The van der Waals surface area contributed by atoms with Gasteiger partial charge in [0.05, 0.1) is 12.1 Å². The van der Waals surface area contributed by atoms with Crippen molar-refractivity contribution >= 4 is 0 Å². The molecule has 94 valence electrons. The molecule has 3 rings (SSSR count). The average molecular weight is 242 g/mol. The number of rotatable bonds is 2. The normalized spacial score (nSPS) is 23.4. The number of likely N-dealkylation sites (N-methyl/N-ethyl adjacent to an activating group) is 1. The Labute approximate surface area is 107 Å². The Morgan fingerprint density at radius 1 is 1.33 bits per heavy atom. The second-order valence-electron chi connectivity index (χ2n) is 4.80. The van der Waals surface area contributed by atoms with Crippen LogP contribution in [0.3, 0.4) is 0 Å². The molecule has 4 nitrogen and oxygen atoms in total. The van der Waals surface area contributed by atoms with Gasteiger partial charge in [-0.15, -0.1) is 0 Å². The summed E-state index contributed by atoms with van der Waals surface area (Å²) in [7, 11) is 2.02. The highest BCUT2D eigenvalue weighted by Gasteiger charge is 2.28. The predicted molar refractivity (Wildman–Crippen MR) is 70.2 cm³/mol. The van der Waals surface area contributed by atoms with Gasteiger partial charge in [0.1, 0.15) is 12.7 Å². The first-order valence-corrected chi connectivity index (χ1v) is 6.49. The second kappa shape index (κ2) is 4.90. The first-order valence-electron chi connectivity index (χ1n) is 6.49. The van der Waals surface area contributed by atoms with Crippen molar-refractivity contribution in [1.29, 1.82) is 0 Å². The minimum Gasteiger partial charge on any atom is -0.311 e. The first-order chi connectivity index (χ1) is 8.90. The summed E-state index contributed by atoms with van der Waals surface area (Å²) in [5.41, 5.74) is 2.86. The highest BCUT2D eigenvalue weighted by atomic mass is 15.3. The van der Waals surface area contributed by atoms with E-state index >= 15 is 0 Å². The molecule has 0 fully saturated rings. The zero-order chi connectivity index (χ0) is 12.4. The smallest absolute Gasteiger partial charge is 0.137 e. The van der Waals surface area contributed by atoms with Crippen molar-refractivity contribution < 1.29 is 0 Å². The van der Waals surface area contributed by atoms with Crippen LogP contribution in [0.15, 0.2) is 36.9 Å². The lowest BCUT2D eigenvalue weighted by atomic mass is 9.96. The van der Waals surface area contributed by atoms with Gasteiger partial charge in [-0.1, -0.05) is 24.3 Å². The molecular weight excluding hydrogens is 224 g/mol. The predicted octanol–water partition coefficient (Wildman–Crippen LogP) is 2.12. The van der Waals surface area contributed by atoms with Crippen LogP contribution in [0.25, 0.3) is 0 Å². The molecule has 0 saturated heterocycles. The highest BCUT2D eigenvalue weighted by molar-refractivity contribution is 5.32. The van der Waals surface area contributed by atoms with Gasteiger partial charge >= 0.3 is 0 Å². The summed E-state index contributed by atoms with van der Waals surface area (Å²) in [6, 6.07) is 9.37. The molecule has 0 saturated carbocycles. The molecule has 1 aromatic heterocycles. The van der Waals surface area contributed by atoms with Crippen LogP contribution in [-0.2, 0) is 6.42 Å². The van der Waals surface area contributed by atoms with Gasteiger partial charge in [0.25, 0.3) is 0 Å². The van der Waals surface area contributed by atoms with Gasteiger partial charge in [0.15, 0.2) is 0 Å². The summed E-state index contributed by atoms with van der Waals surface area (Å²) in [5, 5.41) is 7.77. The maximum absolute atomic E-state index is 4.32. The van der Waals surface area contributed by atoms with Crippen molar-refractivity contribution in [2.45, 2.75) is 31.3 Å². The van der Waals surface area contributed by atoms with E-state index in [1.807, 2.05) is 18.1 Å². The number of hydrogen-bond donors (Lipinski definition) is 1. The summed E-state index contributed by atoms with van der Waals surface area (Å²) < 4.78 is 1.99. The van der Waals surface area contributed by atoms with Gasteiger partial charge in [0.2, 0.25) is 0 Å². The SMILES string of the molecule is CNC1c2ccccc2CCCC1n1cncn1. The molecule has 1 aliphatic carbocycles. The van der Waals surface area contributed by atoms with E-state index in [9.17, 15) is 0 Å². The number of aromatic nitrogens is 3. The number of fused-ring (bicyclic) bond motifs is 1. The molecular formula is C14H18N4. The fourth-order valence-corrected chi connectivity index (χ4v) is 2.96. The van der Waals surface area contributed by atoms with Crippen LogP contribution in [0.1, 0.15) is 36.1 Å². The lowest BCUT2D eigenvalue weighted by molar-refractivity contribution is 0.328. The van der Waals surface area contributed by atoms with E-state index in [-0.39, 0.29) is 0 Å². The average Bonchev–Trinajstić information content (AvgIpc) is 2.86. The summed E-state index contributed by atoms with van der Waals surface area (Å²) in [4.78, 5) is 4.08. The standard InChI is InChI=1S/C14H18N4/c1-15-14-12-7-3-2-5-11(12)6-4-8-13(14)18-10-16-9-17-18/h2-3,5,7,9-10,13-15H,4,6,8H2,1H3. The van der Waals surface area contributed by atoms with E-state index in [0.717, 1.165) is 12.8 Å². The largest absolute Gasteiger partial charge is 0.311 e. The van der Waals surface area contributed by atoms with Crippen LogP contribution in [-0.4, -0.2) is 21.8 Å². The lowest BCUT2D eigenvalue weighted by Crippen LogP contribution is -2.27. The Balaban J connectivity index is 2.03. The Morgan fingerprint density at radius 3 is 3.00 bits per heavy atom. The Kier molecular flexibility index (Phi) is 3.11. The Bertz CT molecular complexity index is 506. The third kappa shape index (κ3) is 1.93. The zero-order valence-electron chi connectivity index (χ0n) is 10.6. The molecule has 1 aliphatic rings. The van der Waals surface area contributed by atoms with E-state index in [1.54, 1.807) is 6.33 Å². The molecule has 0 spiro atoms. The molecule has 4 heteroatoms. The molecule has 1 heterocycles. The maximum atomic E-state index is 4.32. The van der Waals surface area contributed by atoms with Crippen molar-refractivity contribution in [3.05, 3.63) is 48.0 Å². The molecule has 2 atom stereocenters. The third-order valence-electron chi connectivity index (χ3n) is 3.81. The minimum absolute atomic E-state index is 0.311. The summed E-state index contributed by atoms with van der Waals surface area (Å²) >= 11 is 0. The molecule has 1 aromatic carbocycles. The van der Waals surface area contributed by atoms with Gasteiger partial charge in [-0.25, -0.2) is 9.67 Å². The molecule has 0 radical (unpaired) electrons. The van der Waals surface area contributed by atoms with Crippen LogP contribution in [0.4, 0.5) is 0 Å². The van der Waals surface area contributed by atoms with Crippen LogP contribution < -0.4 is 5.32 Å². The fraction of sp³-hybridized carbons (Fsp3) is 0.429. The molecule has 18 heavy (non-hydrogen) atoms. The van der Waals surface area contributed by atoms with E-state index in [4.69, 9.17) is 0 Å². The quantitative estimate of drug-likeness (QED) is 0.820.